The Morgan fingerprint density at radius 3 is 3.00 bits per heavy atom. The van der Waals surface area contributed by atoms with Crippen molar-refractivity contribution in [2.24, 2.45) is 0 Å². The van der Waals surface area contributed by atoms with E-state index in [1.807, 2.05) is 6.92 Å². The van der Waals surface area contributed by atoms with Crippen molar-refractivity contribution >= 4 is 5.91 Å². The highest BCUT2D eigenvalue weighted by Crippen LogP contribution is 2.20. The lowest BCUT2D eigenvalue weighted by Crippen LogP contribution is -2.27. The van der Waals surface area contributed by atoms with E-state index in [4.69, 9.17) is 0 Å². The van der Waals surface area contributed by atoms with Crippen LogP contribution in [0.3, 0.4) is 0 Å². The minimum atomic E-state index is -0.168. The van der Waals surface area contributed by atoms with E-state index in [2.05, 4.69) is 19.9 Å². The van der Waals surface area contributed by atoms with Crippen molar-refractivity contribution in [3.05, 3.63) is 45.2 Å². The molecule has 0 radical (unpaired) electrons. The van der Waals surface area contributed by atoms with Crippen molar-refractivity contribution in [3.8, 4) is 0 Å². The van der Waals surface area contributed by atoms with Gasteiger partial charge in [0.15, 0.2) is 0 Å². The first-order chi connectivity index (χ1) is 9.60. The molecule has 0 saturated heterocycles. The highest BCUT2D eigenvalue weighted by Gasteiger charge is 2.29. The van der Waals surface area contributed by atoms with Crippen molar-refractivity contribution in [1.82, 2.24) is 24.8 Å². The van der Waals surface area contributed by atoms with Gasteiger partial charge in [0, 0.05) is 5.69 Å². The van der Waals surface area contributed by atoms with Crippen LogP contribution in [0.1, 0.15) is 40.2 Å². The number of hydrogen-bond acceptors (Lipinski definition) is 4. The van der Waals surface area contributed by atoms with Gasteiger partial charge in [-0.05, 0) is 13.3 Å². The Hall–Kier alpha value is -2.44. The Balaban J connectivity index is 1.91. The maximum Gasteiger partial charge on any atom is 0.274 e. The van der Waals surface area contributed by atoms with Crippen molar-refractivity contribution in [2.75, 3.05) is 0 Å². The van der Waals surface area contributed by atoms with Crippen LogP contribution < -0.4 is 5.56 Å². The third-order valence-electron chi connectivity index (χ3n) is 3.47. The number of imidazole rings is 1. The van der Waals surface area contributed by atoms with Gasteiger partial charge < -0.3 is 14.9 Å². The molecular weight excluding hydrogens is 258 g/mol. The summed E-state index contributed by atoms with van der Waals surface area (Å²) in [5, 5.41) is 0. The summed E-state index contributed by atoms with van der Waals surface area (Å²) in [7, 11) is 0. The molecule has 1 aliphatic rings. The van der Waals surface area contributed by atoms with E-state index in [9.17, 15) is 9.59 Å². The minimum Gasteiger partial charge on any atom is -0.348 e. The summed E-state index contributed by atoms with van der Waals surface area (Å²) in [5.74, 6) is 0.398. The number of fused-ring (bicyclic) bond motifs is 1. The van der Waals surface area contributed by atoms with E-state index in [1.54, 1.807) is 11.8 Å². The third-order valence-corrected chi connectivity index (χ3v) is 3.47. The number of nitrogens with zero attached hydrogens (tertiary/aromatic N) is 3. The molecule has 0 aliphatic carbocycles. The maximum atomic E-state index is 12.5. The first-order valence-electron chi connectivity index (χ1n) is 6.50. The molecule has 1 amide bonds. The number of hydrogen-bond donors (Lipinski definition) is 2. The summed E-state index contributed by atoms with van der Waals surface area (Å²) in [5.41, 5.74) is 2.31. The van der Waals surface area contributed by atoms with Gasteiger partial charge in [-0.15, -0.1) is 0 Å². The molecule has 2 aromatic heterocycles. The van der Waals surface area contributed by atoms with E-state index in [0.717, 1.165) is 5.69 Å². The summed E-state index contributed by atoms with van der Waals surface area (Å²) in [6.07, 6.45) is 2.23. The van der Waals surface area contributed by atoms with Gasteiger partial charge in [0.1, 0.15) is 11.5 Å². The predicted octanol–water partition coefficient (Wildman–Crippen LogP) is 0.520. The van der Waals surface area contributed by atoms with Crippen LogP contribution >= 0.6 is 0 Å². The van der Waals surface area contributed by atoms with E-state index >= 15 is 0 Å². The lowest BCUT2D eigenvalue weighted by atomic mass is 10.2. The first-order valence-corrected chi connectivity index (χ1v) is 6.50. The highest BCUT2D eigenvalue weighted by atomic mass is 16.2. The quantitative estimate of drug-likeness (QED) is 0.834. The van der Waals surface area contributed by atoms with Gasteiger partial charge in [0.05, 0.1) is 30.7 Å². The molecule has 0 spiro atoms. The molecule has 1 aliphatic heterocycles. The second kappa shape index (κ2) is 4.59. The normalized spacial score (nSPS) is 13.6. The van der Waals surface area contributed by atoms with Crippen molar-refractivity contribution in [2.45, 2.75) is 33.4 Å². The predicted molar refractivity (Wildman–Crippen MR) is 71.1 cm³/mol. The molecule has 0 saturated carbocycles. The van der Waals surface area contributed by atoms with Crippen LogP contribution in [-0.2, 0) is 19.5 Å². The zero-order chi connectivity index (χ0) is 14.3. The summed E-state index contributed by atoms with van der Waals surface area (Å²) in [4.78, 5) is 39.9. The van der Waals surface area contributed by atoms with Gasteiger partial charge in [0.2, 0.25) is 0 Å². The smallest absolute Gasteiger partial charge is 0.274 e. The number of aromatic amines is 2. The van der Waals surface area contributed by atoms with Crippen molar-refractivity contribution < 1.29 is 4.79 Å². The van der Waals surface area contributed by atoms with Gasteiger partial charge in [0.25, 0.3) is 11.5 Å². The fraction of sp³-hybridized carbons (Fsp3) is 0.385. The minimum absolute atomic E-state index is 0.166. The molecule has 3 rings (SSSR count). The van der Waals surface area contributed by atoms with Crippen molar-refractivity contribution in [1.29, 1.82) is 0 Å². The van der Waals surface area contributed by atoms with E-state index in [-0.39, 0.29) is 18.0 Å². The Bertz CT molecular complexity index is 731. The molecule has 0 bridgehead atoms. The SMILES string of the molecule is CCc1[nH]cnc1C(=O)N1Cc2nc(C)[nH]c(=O)c2C1. The highest BCUT2D eigenvalue weighted by molar-refractivity contribution is 5.93. The molecule has 0 unspecified atom stereocenters. The summed E-state index contributed by atoms with van der Waals surface area (Å²) < 4.78 is 0. The fourth-order valence-electron chi connectivity index (χ4n) is 2.46. The lowest BCUT2D eigenvalue weighted by molar-refractivity contribution is 0.0743. The molecular formula is C13H15N5O2. The molecule has 20 heavy (non-hydrogen) atoms. The Morgan fingerprint density at radius 2 is 2.25 bits per heavy atom. The largest absolute Gasteiger partial charge is 0.348 e. The zero-order valence-corrected chi connectivity index (χ0v) is 11.4. The van der Waals surface area contributed by atoms with Gasteiger partial charge in [-0.25, -0.2) is 9.97 Å². The van der Waals surface area contributed by atoms with Crippen LogP contribution in [0.25, 0.3) is 0 Å². The molecule has 0 fully saturated rings. The molecule has 2 N–H and O–H groups in total. The summed E-state index contributed by atoms with van der Waals surface area (Å²) in [6.45, 7) is 4.33. The zero-order valence-electron chi connectivity index (χ0n) is 11.4. The number of rotatable bonds is 2. The number of nitrogens with one attached hydrogen (secondary N) is 2. The van der Waals surface area contributed by atoms with Gasteiger partial charge in [-0.2, -0.15) is 0 Å². The Labute approximate surface area is 115 Å². The second-order valence-corrected chi connectivity index (χ2v) is 4.82. The molecule has 0 atom stereocenters. The molecule has 3 heterocycles. The number of amides is 1. The molecule has 0 aromatic carbocycles. The second-order valence-electron chi connectivity index (χ2n) is 4.82. The van der Waals surface area contributed by atoms with Gasteiger partial charge in [-0.3, -0.25) is 9.59 Å². The molecule has 2 aromatic rings. The Kier molecular flexibility index (Phi) is 2.89. The van der Waals surface area contributed by atoms with Crippen LogP contribution in [0.5, 0.6) is 0 Å². The van der Waals surface area contributed by atoms with Crippen molar-refractivity contribution in [3.63, 3.8) is 0 Å². The average Bonchev–Trinajstić information content (AvgIpc) is 3.03. The van der Waals surface area contributed by atoms with Crippen LogP contribution in [0.2, 0.25) is 0 Å². The van der Waals surface area contributed by atoms with Gasteiger partial charge in [-0.1, -0.05) is 6.92 Å². The van der Waals surface area contributed by atoms with E-state index in [0.29, 0.717) is 35.7 Å². The van der Waals surface area contributed by atoms with E-state index < -0.39 is 0 Å². The molecule has 7 heteroatoms. The topological polar surface area (TPSA) is 94.7 Å². The van der Waals surface area contributed by atoms with Gasteiger partial charge >= 0.3 is 0 Å². The lowest BCUT2D eigenvalue weighted by Gasteiger charge is -2.13. The third kappa shape index (κ3) is 1.91. The fourth-order valence-corrected chi connectivity index (χ4v) is 2.46. The number of aryl methyl sites for hydroxylation is 2. The monoisotopic (exact) mass is 273 g/mol. The molecule has 7 nitrogen and oxygen atoms in total. The van der Waals surface area contributed by atoms with Crippen LogP contribution in [0.4, 0.5) is 0 Å². The average molecular weight is 273 g/mol. The summed E-state index contributed by atoms with van der Waals surface area (Å²) in [6, 6.07) is 0. The maximum absolute atomic E-state index is 12.5. The van der Waals surface area contributed by atoms with Crippen LogP contribution in [0.15, 0.2) is 11.1 Å². The number of aromatic nitrogens is 4. The Morgan fingerprint density at radius 1 is 1.45 bits per heavy atom. The van der Waals surface area contributed by atoms with E-state index in [1.165, 1.54) is 6.33 Å². The first kappa shape index (κ1) is 12.6. The van der Waals surface area contributed by atoms with Crippen LogP contribution in [0, 0.1) is 6.92 Å². The standard InChI is InChI=1S/C13H15N5O2/c1-3-9-11(15-6-14-9)13(20)18-4-8-10(5-18)16-7(2)17-12(8)19/h6H,3-5H2,1-2H3,(H,14,15)(H,16,17,19). The number of H-pyrrole nitrogens is 2. The number of carbonyl (C=O) groups excluding carboxylic acids is 1. The summed E-state index contributed by atoms with van der Waals surface area (Å²) >= 11 is 0. The van der Waals surface area contributed by atoms with Crippen LogP contribution in [-0.4, -0.2) is 30.7 Å². The number of carbonyl (C=O) groups is 1. The molecule has 104 valence electrons.